The van der Waals surface area contributed by atoms with Crippen LogP contribution in [0.3, 0.4) is 0 Å². The van der Waals surface area contributed by atoms with Crippen LogP contribution in [0.5, 0.6) is 5.75 Å². The first-order valence-corrected chi connectivity index (χ1v) is 6.30. The van der Waals surface area contributed by atoms with E-state index in [1.807, 2.05) is 30.3 Å². The van der Waals surface area contributed by atoms with Crippen LogP contribution in [0.2, 0.25) is 0 Å². The van der Waals surface area contributed by atoms with Gasteiger partial charge in [0.15, 0.2) is 5.78 Å². The van der Waals surface area contributed by atoms with Crippen LogP contribution in [0.15, 0.2) is 42.5 Å². The minimum atomic E-state index is 0.171. The van der Waals surface area contributed by atoms with E-state index in [1.54, 1.807) is 13.2 Å². The Kier molecular flexibility index (Phi) is 4.35. The Hall–Kier alpha value is -1.83. The third-order valence-corrected chi connectivity index (χ3v) is 3.21. The number of methoxy groups -OCH3 is 1. The van der Waals surface area contributed by atoms with Gasteiger partial charge in [-0.05, 0) is 43.0 Å². The largest absolute Gasteiger partial charge is 0.497 e. The maximum Gasteiger partial charge on any atom is 0.158 e. The number of allylic oxidation sites excluding steroid dienone is 3. The van der Waals surface area contributed by atoms with Crippen molar-refractivity contribution in [2.75, 3.05) is 7.11 Å². The van der Waals surface area contributed by atoms with Gasteiger partial charge in [0.1, 0.15) is 5.75 Å². The number of carbonyl (C=O) groups is 1. The quantitative estimate of drug-likeness (QED) is 0.805. The van der Waals surface area contributed by atoms with E-state index in [2.05, 4.69) is 12.2 Å². The summed E-state index contributed by atoms with van der Waals surface area (Å²) >= 11 is 0. The summed E-state index contributed by atoms with van der Waals surface area (Å²) in [6, 6.07) is 7.90. The predicted octanol–water partition coefficient (Wildman–Crippen LogP) is 3.63. The molecule has 0 saturated carbocycles. The summed E-state index contributed by atoms with van der Waals surface area (Å²) in [5, 5.41) is 0. The molecule has 0 fully saturated rings. The molecule has 0 bridgehead atoms. The molecular formula is C16H18O2. The van der Waals surface area contributed by atoms with Crippen molar-refractivity contribution in [1.82, 2.24) is 0 Å². The van der Waals surface area contributed by atoms with Crippen LogP contribution in [-0.4, -0.2) is 12.9 Å². The second kappa shape index (κ2) is 6.20. The molecule has 0 aliphatic heterocycles. The molecule has 1 unspecified atom stereocenters. The highest BCUT2D eigenvalue weighted by atomic mass is 16.5. The predicted molar refractivity (Wildman–Crippen MR) is 73.5 cm³/mol. The van der Waals surface area contributed by atoms with Crippen molar-refractivity contribution in [2.24, 2.45) is 5.92 Å². The van der Waals surface area contributed by atoms with E-state index in [1.165, 1.54) is 0 Å². The molecule has 1 aromatic rings. The summed E-state index contributed by atoms with van der Waals surface area (Å²) in [6.45, 7) is 0. The molecule has 0 aromatic heterocycles. The minimum absolute atomic E-state index is 0.171. The molecule has 0 N–H and O–H groups in total. The number of carbonyl (C=O) groups excluding carboxylic acids is 1. The average molecular weight is 242 g/mol. The van der Waals surface area contributed by atoms with E-state index in [0.717, 1.165) is 30.6 Å². The van der Waals surface area contributed by atoms with Gasteiger partial charge in [-0.25, -0.2) is 0 Å². The zero-order chi connectivity index (χ0) is 12.8. The van der Waals surface area contributed by atoms with Gasteiger partial charge in [-0.2, -0.15) is 0 Å². The highest BCUT2D eigenvalue weighted by Gasteiger charge is 2.16. The van der Waals surface area contributed by atoms with Gasteiger partial charge in [-0.1, -0.05) is 30.4 Å². The first kappa shape index (κ1) is 12.6. The summed E-state index contributed by atoms with van der Waals surface area (Å²) in [6.07, 6.45) is 10.7. The van der Waals surface area contributed by atoms with Crippen LogP contribution >= 0.6 is 0 Å². The molecule has 2 nitrogen and oxygen atoms in total. The van der Waals surface area contributed by atoms with Crippen LogP contribution in [0, 0.1) is 5.92 Å². The molecule has 1 aromatic carbocycles. The summed E-state index contributed by atoms with van der Waals surface area (Å²) in [5.74, 6) is 1.30. The standard InChI is InChI=1S/C16H18O2/c1-18-15-11-9-13(10-12-15)5-4-7-14-6-2-3-8-16(14)17/h3-5,8-12,14H,2,6-7H2,1H3/b5-4+. The van der Waals surface area contributed by atoms with Gasteiger partial charge in [-0.3, -0.25) is 4.79 Å². The Labute approximate surface area is 108 Å². The lowest BCUT2D eigenvalue weighted by molar-refractivity contribution is -0.118. The number of rotatable bonds is 4. The van der Waals surface area contributed by atoms with E-state index in [0.29, 0.717) is 0 Å². The topological polar surface area (TPSA) is 26.3 Å². The van der Waals surface area contributed by atoms with Crippen LogP contribution in [0.1, 0.15) is 24.8 Å². The van der Waals surface area contributed by atoms with Crippen molar-refractivity contribution in [1.29, 1.82) is 0 Å². The maximum atomic E-state index is 11.6. The average Bonchev–Trinajstić information content (AvgIpc) is 2.42. The van der Waals surface area contributed by atoms with Gasteiger partial charge in [0.2, 0.25) is 0 Å². The molecule has 0 spiro atoms. The number of ketones is 1. The second-order valence-electron chi connectivity index (χ2n) is 4.49. The van der Waals surface area contributed by atoms with Gasteiger partial charge in [0.25, 0.3) is 0 Å². The fraction of sp³-hybridized carbons (Fsp3) is 0.312. The molecule has 1 atom stereocenters. The SMILES string of the molecule is COc1ccc(/C=C/CC2CCC=CC2=O)cc1. The third-order valence-electron chi connectivity index (χ3n) is 3.21. The van der Waals surface area contributed by atoms with Crippen LogP contribution in [0.4, 0.5) is 0 Å². The van der Waals surface area contributed by atoms with Crippen LogP contribution < -0.4 is 4.74 Å². The van der Waals surface area contributed by atoms with Gasteiger partial charge in [0, 0.05) is 5.92 Å². The molecule has 0 amide bonds. The van der Waals surface area contributed by atoms with Gasteiger partial charge in [0.05, 0.1) is 7.11 Å². The fourth-order valence-corrected chi connectivity index (χ4v) is 2.09. The third kappa shape index (κ3) is 3.33. The van der Waals surface area contributed by atoms with Crippen molar-refractivity contribution >= 4 is 11.9 Å². The Bertz CT molecular complexity index is 454. The smallest absolute Gasteiger partial charge is 0.158 e. The molecule has 18 heavy (non-hydrogen) atoms. The number of hydrogen-bond donors (Lipinski definition) is 0. The van der Waals surface area contributed by atoms with Crippen LogP contribution in [-0.2, 0) is 4.79 Å². The zero-order valence-corrected chi connectivity index (χ0v) is 10.6. The molecule has 0 saturated heterocycles. The fourth-order valence-electron chi connectivity index (χ4n) is 2.09. The molecule has 94 valence electrons. The van der Waals surface area contributed by atoms with Crippen molar-refractivity contribution in [3.05, 3.63) is 48.1 Å². The van der Waals surface area contributed by atoms with Crippen LogP contribution in [0.25, 0.3) is 6.08 Å². The lowest BCUT2D eigenvalue weighted by Crippen LogP contribution is -2.13. The summed E-state index contributed by atoms with van der Waals surface area (Å²) in [5.41, 5.74) is 1.13. The lowest BCUT2D eigenvalue weighted by atomic mass is 9.90. The van der Waals surface area contributed by atoms with Crippen molar-refractivity contribution < 1.29 is 9.53 Å². The Morgan fingerprint density at radius 3 is 2.78 bits per heavy atom. The molecule has 0 heterocycles. The highest BCUT2D eigenvalue weighted by molar-refractivity contribution is 5.92. The lowest BCUT2D eigenvalue weighted by Gasteiger charge is -2.13. The Morgan fingerprint density at radius 1 is 1.33 bits per heavy atom. The molecule has 2 rings (SSSR count). The number of hydrogen-bond acceptors (Lipinski definition) is 2. The first-order valence-electron chi connectivity index (χ1n) is 6.30. The van der Waals surface area contributed by atoms with Crippen molar-refractivity contribution in [3.8, 4) is 5.75 Å². The van der Waals surface area contributed by atoms with E-state index < -0.39 is 0 Å². The molecular weight excluding hydrogens is 224 g/mol. The van der Waals surface area contributed by atoms with E-state index in [9.17, 15) is 4.79 Å². The zero-order valence-electron chi connectivity index (χ0n) is 10.6. The number of ether oxygens (including phenoxy) is 1. The summed E-state index contributed by atoms with van der Waals surface area (Å²) < 4.78 is 5.11. The molecule has 2 heteroatoms. The van der Waals surface area contributed by atoms with Gasteiger partial charge < -0.3 is 4.74 Å². The van der Waals surface area contributed by atoms with Gasteiger partial charge >= 0.3 is 0 Å². The van der Waals surface area contributed by atoms with E-state index >= 15 is 0 Å². The van der Waals surface area contributed by atoms with E-state index in [-0.39, 0.29) is 11.7 Å². The van der Waals surface area contributed by atoms with Crippen molar-refractivity contribution in [3.63, 3.8) is 0 Å². The molecule has 1 aliphatic carbocycles. The summed E-state index contributed by atoms with van der Waals surface area (Å²) in [4.78, 5) is 11.6. The summed E-state index contributed by atoms with van der Waals surface area (Å²) in [7, 11) is 1.66. The normalized spacial score (nSPS) is 19.4. The minimum Gasteiger partial charge on any atom is -0.497 e. The monoisotopic (exact) mass is 242 g/mol. The second-order valence-corrected chi connectivity index (χ2v) is 4.49. The van der Waals surface area contributed by atoms with E-state index in [4.69, 9.17) is 4.74 Å². The van der Waals surface area contributed by atoms with Gasteiger partial charge in [-0.15, -0.1) is 0 Å². The Morgan fingerprint density at radius 2 is 2.11 bits per heavy atom. The highest BCUT2D eigenvalue weighted by Crippen LogP contribution is 2.20. The molecule has 0 radical (unpaired) electrons. The number of benzene rings is 1. The molecule has 1 aliphatic rings. The maximum absolute atomic E-state index is 11.6. The first-order chi connectivity index (χ1) is 8.79. The Balaban J connectivity index is 1.90. The van der Waals surface area contributed by atoms with Crippen molar-refractivity contribution in [2.45, 2.75) is 19.3 Å².